The van der Waals surface area contributed by atoms with Crippen LogP contribution in [0.25, 0.3) is 21.8 Å². The van der Waals surface area contributed by atoms with E-state index in [0.29, 0.717) is 18.5 Å². The average Bonchev–Trinajstić information content (AvgIpc) is 3.33. The molecule has 7 nitrogen and oxygen atoms in total. The van der Waals surface area contributed by atoms with E-state index >= 15 is 0 Å². The normalized spacial score (nSPS) is 16.1. The van der Waals surface area contributed by atoms with Crippen LogP contribution >= 0.6 is 0 Å². The van der Waals surface area contributed by atoms with Crippen LogP contribution in [0.5, 0.6) is 0 Å². The molecule has 28 heavy (non-hydrogen) atoms. The van der Waals surface area contributed by atoms with Crippen LogP contribution in [0.1, 0.15) is 32.2 Å². The van der Waals surface area contributed by atoms with Gasteiger partial charge in [0.15, 0.2) is 0 Å². The fourth-order valence-electron chi connectivity index (χ4n) is 4.26. The second kappa shape index (κ2) is 7.75. The zero-order valence-corrected chi connectivity index (χ0v) is 16.5. The third kappa shape index (κ3) is 3.20. The molecular weight excluding hydrogens is 354 g/mol. The van der Waals surface area contributed by atoms with Crippen LogP contribution in [0.2, 0.25) is 0 Å². The van der Waals surface area contributed by atoms with Crippen molar-refractivity contribution in [3.8, 4) is 0 Å². The van der Waals surface area contributed by atoms with Gasteiger partial charge in [0.25, 0.3) is 5.56 Å². The Hall–Kier alpha value is -2.67. The first kappa shape index (κ1) is 18.7. The van der Waals surface area contributed by atoms with E-state index in [4.69, 9.17) is 0 Å². The van der Waals surface area contributed by atoms with E-state index in [2.05, 4.69) is 15.3 Å². The van der Waals surface area contributed by atoms with Gasteiger partial charge < -0.3 is 14.8 Å². The third-order valence-corrected chi connectivity index (χ3v) is 5.73. The zero-order valence-electron chi connectivity index (χ0n) is 16.5. The summed E-state index contributed by atoms with van der Waals surface area (Å²) < 4.78 is 3.23. The maximum absolute atomic E-state index is 13.1. The molecular formula is C21H27N5O2. The molecule has 1 fully saturated rings. The quantitative estimate of drug-likeness (QED) is 0.709. The highest BCUT2D eigenvalue weighted by atomic mass is 16.2. The lowest BCUT2D eigenvalue weighted by molar-refractivity contribution is -0.124. The second-order valence-corrected chi connectivity index (χ2v) is 7.49. The molecule has 1 N–H and O–H groups in total. The van der Waals surface area contributed by atoms with Gasteiger partial charge in [-0.1, -0.05) is 25.1 Å². The fraction of sp³-hybridized carbons (Fsp3) is 0.476. The van der Waals surface area contributed by atoms with Crippen molar-refractivity contribution < 1.29 is 4.79 Å². The van der Waals surface area contributed by atoms with Crippen molar-refractivity contribution >= 4 is 27.7 Å². The summed E-state index contributed by atoms with van der Waals surface area (Å²) in [4.78, 5) is 28.3. The molecule has 1 aromatic carbocycles. The molecule has 4 rings (SSSR count). The van der Waals surface area contributed by atoms with Gasteiger partial charge in [0.05, 0.1) is 11.7 Å². The van der Waals surface area contributed by atoms with E-state index in [1.54, 1.807) is 13.2 Å². The Morgan fingerprint density at radius 2 is 1.96 bits per heavy atom. The summed E-state index contributed by atoms with van der Waals surface area (Å²) in [5.74, 6) is -0.0387. The minimum Gasteiger partial charge on any atom is -0.353 e. The predicted octanol–water partition coefficient (Wildman–Crippen LogP) is 2.05. The van der Waals surface area contributed by atoms with Gasteiger partial charge in [-0.2, -0.15) is 5.10 Å². The number of nitrogens with zero attached hydrogens (tertiary/aromatic N) is 4. The Balaban J connectivity index is 1.71. The molecule has 1 aliphatic rings. The largest absolute Gasteiger partial charge is 0.353 e. The maximum atomic E-state index is 13.1. The minimum atomic E-state index is -0.434. The zero-order chi connectivity index (χ0) is 19.7. The summed E-state index contributed by atoms with van der Waals surface area (Å²) in [6.45, 7) is 5.72. The summed E-state index contributed by atoms with van der Waals surface area (Å²) in [5.41, 5.74) is 1.25. The fourth-order valence-corrected chi connectivity index (χ4v) is 4.26. The number of para-hydroxylation sites is 1. The molecule has 1 aliphatic heterocycles. The molecule has 1 atom stereocenters. The van der Waals surface area contributed by atoms with Crippen LogP contribution in [-0.4, -0.2) is 51.3 Å². The summed E-state index contributed by atoms with van der Waals surface area (Å²) >= 11 is 0. The van der Waals surface area contributed by atoms with Crippen LogP contribution in [0.3, 0.4) is 0 Å². The van der Waals surface area contributed by atoms with Crippen molar-refractivity contribution in [1.82, 2.24) is 24.6 Å². The number of nitrogens with one attached hydrogen (secondary N) is 1. The summed E-state index contributed by atoms with van der Waals surface area (Å²) in [5, 5.41) is 9.01. The Morgan fingerprint density at radius 3 is 2.71 bits per heavy atom. The highest BCUT2D eigenvalue weighted by Gasteiger charge is 2.25. The number of rotatable bonds is 6. The Kier molecular flexibility index (Phi) is 5.17. The third-order valence-electron chi connectivity index (χ3n) is 5.73. The number of carbonyl (C=O) groups is 1. The van der Waals surface area contributed by atoms with Gasteiger partial charge in [-0.15, -0.1) is 0 Å². The van der Waals surface area contributed by atoms with E-state index < -0.39 is 6.04 Å². The molecule has 1 amide bonds. The van der Waals surface area contributed by atoms with Gasteiger partial charge in [-0.3, -0.25) is 9.59 Å². The van der Waals surface area contributed by atoms with Gasteiger partial charge >= 0.3 is 0 Å². The van der Waals surface area contributed by atoms with Crippen LogP contribution in [0, 0.1) is 0 Å². The Bertz CT molecular complexity index is 1060. The van der Waals surface area contributed by atoms with Gasteiger partial charge in [-0.25, -0.2) is 4.68 Å². The molecule has 0 aliphatic carbocycles. The molecule has 0 radical (unpaired) electrons. The van der Waals surface area contributed by atoms with Crippen molar-refractivity contribution in [3.05, 3.63) is 40.8 Å². The van der Waals surface area contributed by atoms with Gasteiger partial charge in [0.1, 0.15) is 11.6 Å². The second-order valence-electron chi connectivity index (χ2n) is 7.49. The first-order valence-corrected chi connectivity index (χ1v) is 10.1. The molecule has 0 spiro atoms. The lowest BCUT2D eigenvalue weighted by atomic mass is 10.2. The van der Waals surface area contributed by atoms with Crippen LogP contribution < -0.4 is 10.9 Å². The minimum absolute atomic E-state index is 0.0387. The monoisotopic (exact) mass is 381 g/mol. The van der Waals surface area contributed by atoms with Gasteiger partial charge in [0, 0.05) is 30.9 Å². The average molecular weight is 381 g/mol. The maximum Gasteiger partial charge on any atom is 0.291 e. The smallest absolute Gasteiger partial charge is 0.291 e. The highest BCUT2D eigenvalue weighted by Crippen LogP contribution is 2.30. The molecule has 3 heterocycles. The number of hydrogen-bond donors (Lipinski definition) is 1. The number of aryl methyl sites for hydroxylation is 1. The molecule has 0 saturated carbocycles. The number of carbonyl (C=O) groups excluding carboxylic acids is 1. The predicted molar refractivity (Wildman–Crippen MR) is 110 cm³/mol. The van der Waals surface area contributed by atoms with Crippen molar-refractivity contribution in [2.24, 2.45) is 7.05 Å². The van der Waals surface area contributed by atoms with Gasteiger partial charge in [0.2, 0.25) is 5.91 Å². The molecule has 7 heteroatoms. The van der Waals surface area contributed by atoms with Crippen molar-refractivity contribution in [3.63, 3.8) is 0 Å². The van der Waals surface area contributed by atoms with Crippen molar-refractivity contribution in [1.29, 1.82) is 0 Å². The number of likely N-dealkylation sites (tertiary alicyclic amines) is 1. The van der Waals surface area contributed by atoms with E-state index in [0.717, 1.165) is 35.9 Å². The number of hydrogen-bond acceptors (Lipinski definition) is 4. The van der Waals surface area contributed by atoms with Crippen LogP contribution in [0.15, 0.2) is 35.3 Å². The van der Waals surface area contributed by atoms with Gasteiger partial charge in [-0.05, 0) is 38.4 Å². The molecule has 3 aromatic rings. The standard InChI is InChI=1S/C21H27N5O2/c1-3-17(20(27)22-10-13-25-11-6-7-12-25)26-18-9-5-4-8-15(18)16-14-23-24(2)21(28)19(16)26/h4-5,8-9,14,17H,3,6-7,10-13H2,1-2H3,(H,22,27)/t17-/m1/s1. The highest BCUT2D eigenvalue weighted by molar-refractivity contribution is 6.08. The van der Waals surface area contributed by atoms with E-state index in [9.17, 15) is 9.59 Å². The van der Waals surface area contributed by atoms with E-state index in [1.165, 1.54) is 17.5 Å². The summed E-state index contributed by atoms with van der Waals surface area (Å²) in [6, 6.07) is 7.40. The molecule has 2 aromatic heterocycles. The van der Waals surface area contributed by atoms with E-state index in [1.807, 2.05) is 35.8 Å². The topological polar surface area (TPSA) is 72.2 Å². The SMILES string of the molecule is CC[C@H](C(=O)NCCN1CCCC1)n1c2ccccc2c2cnn(C)c(=O)c21. The lowest BCUT2D eigenvalue weighted by Crippen LogP contribution is -2.38. The molecule has 0 unspecified atom stereocenters. The number of amides is 1. The van der Waals surface area contributed by atoms with Crippen molar-refractivity contribution in [2.75, 3.05) is 26.2 Å². The number of fused-ring (bicyclic) bond motifs is 3. The Morgan fingerprint density at radius 1 is 1.21 bits per heavy atom. The molecule has 1 saturated heterocycles. The van der Waals surface area contributed by atoms with E-state index in [-0.39, 0.29) is 11.5 Å². The van der Waals surface area contributed by atoms with Crippen molar-refractivity contribution in [2.45, 2.75) is 32.2 Å². The summed E-state index contributed by atoms with van der Waals surface area (Å²) in [6.07, 6.45) is 4.80. The number of benzene rings is 1. The molecule has 148 valence electrons. The first-order valence-electron chi connectivity index (χ1n) is 10.1. The Labute approximate surface area is 163 Å². The number of aromatic nitrogens is 3. The molecule has 0 bridgehead atoms. The van der Waals surface area contributed by atoms with Crippen LogP contribution in [-0.2, 0) is 11.8 Å². The summed E-state index contributed by atoms with van der Waals surface area (Å²) in [7, 11) is 1.64. The first-order chi connectivity index (χ1) is 13.6. The lowest BCUT2D eigenvalue weighted by Gasteiger charge is -2.21. The van der Waals surface area contributed by atoms with Crippen LogP contribution in [0.4, 0.5) is 0 Å².